The second-order valence-corrected chi connectivity index (χ2v) is 8.69. The van der Waals surface area contributed by atoms with Crippen molar-refractivity contribution in [2.75, 3.05) is 31.5 Å². The number of aliphatic hydroxyl groups excluding tert-OH is 1. The average molecular weight is 434 g/mol. The maximum atomic E-state index is 12.7. The number of hydrogen-bond donors (Lipinski definition) is 2. The highest BCUT2D eigenvalue weighted by atomic mass is 35.5. The predicted molar refractivity (Wildman–Crippen MR) is 117 cm³/mol. The van der Waals surface area contributed by atoms with Gasteiger partial charge in [-0.05, 0) is 61.4 Å². The number of nitrogens with zero attached hydrogens (tertiary/aromatic N) is 2. The van der Waals surface area contributed by atoms with Gasteiger partial charge < -0.3 is 15.3 Å². The zero-order chi connectivity index (χ0) is 20.4. The third-order valence-corrected chi connectivity index (χ3v) is 6.35. The summed E-state index contributed by atoms with van der Waals surface area (Å²) >= 11 is 11.9. The first kappa shape index (κ1) is 20.5. The number of likely N-dealkylation sites (tertiary alicyclic amines) is 2. The molecule has 0 bridgehead atoms. The first-order valence-electron chi connectivity index (χ1n) is 9.98. The highest BCUT2D eigenvalue weighted by molar-refractivity contribution is 6.30. The molecule has 0 spiro atoms. The van der Waals surface area contributed by atoms with Gasteiger partial charge in [0.25, 0.3) is 5.91 Å². The summed E-state index contributed by atoms with van der Waals surface area (Å²) in [6, 6.07) is 15.1. The van der Waals surface area contributed by atoms with Crippen molar-refractivity contribution in [2.45, 2.75) is 31.0 Å². The van der Waals surface area contributed by atoms with Gasteiger partial charge >= 0.3 is 0 Å². The number of rotatable bonds is 4. The summed E-state index contributed by atoms with van der Waals surface area (Å²) in [6.45, 7) is 2.72. The quantitative estimate of drug-likeness (QED) is 0.770. The van der Waals surface area contributed by atoms with Crippen molar-refractivity contribution in [3.63, 3.8) is 0 Å². The molecule has 2 aliphatic rings. The van der Waals surface area contributed by atoms with Crippen LogP contribution in [0.25, 0.3) is 0 Å². The summed E-state index contributed by atoms with van der Waals surface area (Å²) in [4.78, 5) is 16.8. The lowest BCUT2D eigenvalue weighted by molar-refractivity contribution is 0.0681. The van der Waals surface area contributed by atoms with E-state index in [2.05, 4.69) is 10.2 Å². The summed E-state index contributed by atoms with van der Waals surface area (Å²) in [6.07, 6.45) is 1.47. The third kappa shape index (κ3) is 4.86. The minimum absolute atomic E-state index is 0.0114. The molecule has 2 aliphatic heterocycles. The van der Waals surface area contributed by atoms with Gasteiger partial charge in [0, 0.05) is 53.5 Å². The topological polar surface area (TPSA) is 55.8 Å². The zero-order valence-electron chi connectivity index (χ0n) is 16.1. The smallest absolute Gasteiger partial charge is 0.253 e. The molecule has 2 atom stereocenters. The van der Waals surface area contributed by atoms with E-state index >= 15 is 0 Å². The van der Waals surface area contributed by atoms with Gasteiger partial charge in [-0.15, -0.1) is 0 Å². The zero-order valence-corrected chi connectivity index (χ0v) is 17.6. The number of β-amino-alcohol motifs (C(OH)–C–C–N with tert-alkyl or cyclic N) is 1. The number of amides is 1. The fourth-order valence-electron chi connectivity index (χ4n) is 4.23. The summed E-state index contributed by atoms with van der Waals surface area (Å²) in [5.74, 6) is -0.0532. The molecule has 4 rings (SSSR count). The van der Waals surface area contributed by atoms with E-state index in [0.717, 1.165) is 36.6 Å². The number of nitrogens with one attached hydrogen (secondary N) is 1. The van der Waals surface area contributed by atoms with E-state index in [1.54, 1.807) is 29.2 Å². The number of carbonyl (C=O) groups excluding carboxylic acids is 1. The van der Waals surface area contributed by atoms with Crippen molar-refractivity contribution < 1.29 is 9.90 Å². The van der Waals surface area contributed by atoms with Crippen LogP contribution in [0.1, 0.15) is 23.2 Å². The molecule has 5 nitrogen and oxygen atoms in total. The molecule has 2 saturated heterocycles. The molecule has 1 amide bonds. The largest absolute Gasteiger partial charge is 0.390 e. The van der Waals surface area contributed by atoms with Crippen molar-refractivity contribution in [3.8, 4) is 0 Å². The Morgan fingerprint density at radius 3 is 2.14 bits per heavy atom. The number of halogens is 2. The summed E-state index contributed by atoms with van der Waals surface area (Å²) in [7, 11) is 0. The van der Waals surface area contributed by atoms with Crippen molar-refractivity contribution in [1.29, 1.82) is 0 Å². The lowest BCUT2D eigenvalue weighted by Crippen LogP contribution is -2.49. The number of aliphatic hydroxyl groups is 1. The molecule has 2 heterocycles. The molecule has 0 saturated carbocycles. The van der Waals surface area contributed by atoms with Gasteiger partial charge in [-0.1, -0.05) is 23.2 Å². The Labute approximate surface area is 181 Å². The van der Waals surface area contributed by atoms with Gasteiger partial charge in [0.05, 0.1) is 12.1 Å². The van der Waals surface area contributed by atoms with Crippen LogP contribution in [0, 0.1) is 0 Å². The van der Waals surface area contributed by atoms with Gasteiger partial charge in [-0.3, -0.25) is 9.69 Å². The molecule has 2 aromatic carbocycles. The third-order valence-electron chi connectivity index (χ3n) is 5.85. The van der Waals surface area contributed by atoms with Crippen LogP contribution in [-0.2, 0) is 0 Å². The van der Waals surface area contributed by atoms with Crippen molar-refractivity contribution in [1.82, 2.24) is 9.80 Å². The fourth-order valence-corrected chi connectivity index (χ4v) is 4.48. The molecule has 7 heteroatoms. The number of carbonyl (C=O) groups is 1. The normalized spacial score (nSPS) is 23.3. The second kappa shape index (κ2) is 8.92. The van der Waals surface area contributed by atoms with Gasteiger partial charge in [0.1, 0.15) is 0 Å². The molecule has 29 heavy (non-hydrogen) atoms. The van der Waals surface area contributed by atoms with E-state index in [0.29, 0.717) is 29.7 Å². The van der Waals surface area contributed by atoms with Gasteiger partial charge in [0.2, 0.25) is 0 Å². The molecule has 0 aromatic heterocycles. The van der Waals surface area contributed by atoms with Crippen LogP contribution < -0.4 is 5.32 Å². The number of piperidine rings is 1. The van der Waals surface area contributed by atoms with Crippen molar-refractivity contribution in [3.05, 3.63) is 64.1 Å². The summed E-state index contributed by atoms with van der Waals surface area (Å²) < 4.78 is 0. The van der Waals surface area contributed by atoms with E-state index in [1.165, 1.54) is 0 Å². The van der Waals surface area contributed by atoms with Crippen LogP contribution in [0.4, 0.5) is 5.69 Å². The van der Waals surface area contributed by atoms with Crippen LogP contribution in [-0.4, -0.2) is 65.2 Å². The van der Waals surface area contributed by atoms with Gasteiger partial charge in [0.15, 0.2) is 0 Å². The Bertz CT molecular complexity index is 836. The standard InChI is InChI=1S/C22H25Cl2N3O2/c23-16-3-1-15(2-4-16)22(29)27-13-20(21(28)14-27)26-11-9-19(10-12-26)25-18-7-5-17(24)6-8-18/h1-8,19-21,25,28H,9-14H2/t20-,21-/m0/s1. The van der Waals surface area contributed by atoms with E-state index in [9.17, 15) is 9.90 Å². The van der Waals surface area contributed by atoms with E-state index in [1.807, 2.05) is 24.3 Å². The predicted octanol–water partition coefficient (Wildman–Crippen LogP) is 3.76. The van der Waals surface area contributed by atoms with Gasteiger partial charge in [-0.25, -0.2) is 0 Å². The van der Waals surface area contributed by atoms with E-state index in [4.69, 9.17) is 23.2 Å². The maximum absolute atomic E-state index is 12.7. The minimum atomic E-state index is -0.521. The van der Waals surface area contributed by atoms with Crippen molar-refractivity contribution in [2.24, 2.45) is 0 Å². The first-order chi connectivity index (χ1) is 14.0. The molecular weight excluding hydrogens is 409 g/mol. The lowest BCUT2D eigenvalue weighted by Gasteiger charge is -2.37. The first-order valence-corrected chi connectivity index (χ1v) is 10.7. The molecular formula is C22H25Cl2N3O2. The fraction of sp³-hybridized carbons (Fsp3) is 0.409. The highest BCUT2D eigenvalue weighted by Crippen LogP contribution is 2.24. The molecule has 2 N–H and O–H groups in total. The Morgan fingerprint density at radius 1 is 0.931 bits per heavy atom. The van der Waals surface area contributed by atoms with Crippen LogP contribution in [0.3, 0.4) is 0 Å². The van der Waals surface area contributed by atoms with Crippen LogP contribution in [0.2, 0.25) is 10.0 Å². The van der Waals surface area contributed by atoms with E-state index < -0.39 is 6.10 Å². The van der Waals surface area contributed by atoms with Crippen LogP contribution in [0.5, 0.6) is 0 Å². The number of anilines is 1. The molecule has 154 valence electrons. The molecule has 0 aliphatic carbocycles. The Kier molecular flexibility index (Phi) is 6.30. The molecule has 0 unspecified atom stereocenters. The second-order valence-electron chi connectivity index (χ2n) is 7.81. The monoisotopic (exact) mass is 433 g/mol. The SMILES string of the molecule is O=C(c1ccc(Cl)cc1)N1C[C@H](O)[C@@H](N2CCC(Nc3ccc(Cl)cc3)CC2)C1. The maximum Gasteiger partial charge on any atom is 0.253 e. The van der Waals surface area contributed by atoms with Crippen LogP contribution >= 0.6 is 23.2 Å². The average Bonchev–Trinajstić information content (AvgIpc) is 3.12. The summed E-state index contributed by atoms with van der Waals surface area (Å²) in [5, 5.41) is 15.5. The summed E-state index contributed by atoms with van der Waals surface area (Å²) in [5.41, 5.74) is 1.68. The van der Waals surface area contributed by atoms with Crippen LogP contribution in [0.15, 0.2) is 48.5 Å². The van der Waals surface area contributed by atoms with E-state index in [-0.39, 0.29) is 11.9 Å². The Balaban J connectivity index is 1.31. The highest BCUT2D eigenvalue weighted by Gasteiger charge is 2.39. The molecule has 0 radical (unpaired) electrons. The molecule has 2 fully saturated rings. The Hall–Kier alpha value is -1.79. The number of benzene rings is 2. The Morgan fingerprint density at radius 2 is 1.52 bits per heavy atom. The van der Waals surface area contributed by atoms with Gasteiger partial charge in [-0.2, -0.15) is 0 Å². The minimum Gasteiger partial charge on any atom is -0.390 e. The van der Waals surface area contributed by atoms with Crippen molar-refractivity contribution >= 4 is 34.8 Å². The lowest BCUT2D eigenvalue weighted by atomic mass is 10.0. The molecule has 2 aromatic rings. The number of hydrogen-bond acceptors (Lipinski definition) is 4.